The Hall–Kier alpha value is -0.0800. The van der Waals surface area contributed by atoms with Gasteiger partial charge in [-0.2, -0.15) is 0 Å². The zero-order chi connectivity index (χ0) is 7.82. The van der Waals surface area contributed by atoms with Crippen molar-refractivity contribution < 1.29 is 4.74 Å². The second kappa shape index (κ2) is 7.03. The summed E-state index contributed by atoms with van der Waals surface area (Å²) in [7, 11) is 0. The molecule has 1 aliphatic heterocycles. The molecule has 1 atom stereocenters. The Morgan fingerprint density at radius 1 is 1.50 bits per heavy atom. The summed E-state index contributed by atoms with van der Waals surface area (Å²) in [5, 5.41) is 3.21. The van der Waals surface area contributed by atoms with Crippen molar-refractivity contribution >= 4 is 0 Å². The molecule has 0 radical (unpaired) electrons. The van der Waals surface area contributed by atoms with Gasteiger partial charge >= 0.3 is 0 Å². The summed E-state index contributed by atoms with van der Waals surface area (Å²) in [4.78, 5) is 0. The third-order valence-corrected chi connectivity index (χ3v) is 1.11. The van der Waals surface area contributed by atoms with Gasteiger partial charge in [-0.05, 0) is 6.92 Å². The van der Waals surface area contributed by atoms with Crippen molar-refractivity contribution in [3.63, 3.8) is 0 Å². The van der Waals surface area contributed by atoms with Gasteiger partial charge < -0.3 is 10.1 Å². The first kappa shape index (κ1) is 9.92. The third kappa shape index (κ3) is 6.05. The lowest BCUT2D eigenvalue weighted by atomic mass is 10.3. The SMILES string of the molecule is CC1CNCCO1.CCC. The summed E-state index contributed by atoms with van der Waals surface area (Å²) in [6, 6.07) is 0. The number of ether oxygens (including phenoxy) is 1. The number of hydrogen-bond acceptors (Lipinski definition) is 2. The Morgan fingerprint density at radius 2 is 2.10 bits per heavy atom. The Labute approximate surface area is 64.0 Å². The van der Waals surface area contributed by atoms with Crippen LogP contribution in [0.15, 0.2) is 0 Å². The molecule has 0 aromatic rings. The third-order valence-electron chi connectivity index (χ3n) is 1.11. The lowest BCUT2D eigenvalue weighted by molar-refractivity contribution is 0.0410. The second-order valence-corrected chi connectivity index (χ2v) is 2.59. The monoisotopic (exact) mass is 145 g/mol. The molecule has 1 rings (SSSR count). The predicted octanol–water partition coefficient (Wildman–Crippen LogP) is 1.41. The first-order valence-electron chi connectivity index (χ1n) is 4.13. The minimum atomic E-state index is 0.425. The molecule has 1 aliphatic rings. The molecule has 1 unspecified atom stereocenters. The number of morpholine rings is 1. The van der Waals surface area contributed by atoms with Crippen molar-refractivity contribution in [3.05, 3.63) is 0 Å². The van der Waals surface area contributed by atoms with Gasteiger partial charge in [-0.3, -0.25) is 0 Å². The van der Waals surface area contributed by atoms with Gasteiger partial charge in [0, 0.05) is 13.1 Å². The topological polar surface area (TPSA) is 21.3 Å². The molecule has 1 saturated heterocycles. The molecule has 2 heteroatoms. The zero-order valence-electron chi connectivity index (χ0n) is 7.31. The summed E-state index contributed by atoms with van der Waals surface area (Å²) in [6.07, 6.45) is 1.67. The molecule has 1 heterocycles. The van der Waals surface area contributed by atoms with Gasteiger partial charge in [0.2, 0.25) is 0 Å². The second-order valence-electron chi connectivity index (χ2n) is 2.59. The van der Waals surface area contributed by atoms with Crippen LogP contribution >= 0.6 is 0 Å². The molecule has 2 nitrogen and oxygen atoms in total. The Bertz CT molecular complexity index is 60.3. The first-order chi connectivity index (χ1) is 4.81. The molecule has 10 heavy (non-hydrogen) atoms. The quantitative estimate of drug-likeness (QED) is 0.556. The van der Waals surface area contributed by atoms with Crippen LogP contribution in [0.25, 0.3) is 0 Å². The summed E-state index contributed by atoms with van der Waals surface area (Å²) < 4.78 is 5.22. The van der Waals surface area contributed by atoms with Crippen LogP contribution in [-0.2, 0) is 4.74 Å². The van der Waals surface area contributed by atoms with Crippen LogP contribution < -0.4 is 5.32 Å². The Balaban J connectivity index is 0.000000236. The van der Waals surface area contributed by atoms with Gasteiger partial charge in [0.1, 0.15) is 0 Å². The molecule has 0 spiro atoms. The minimum Gasteiger partial charge on any atom is -0.376 e. The van der Waals surface area contributed by atoms with E-state index in [1.54, 1.807) is 0 Å². The molecule has 0 amide bonds. The van der Waals surface area contributed by atoms with Crippen molar-refractivity contribution in [1.82, 2.24) is 5.32 Å². The van der Waals surface area contributed by atoms with Crippen molar-refractivity contribution in [2.75, 3.05) is 19.7 Å². The van der Waals surface area contributed by atoms with E-state index >= 15 is 0 Å². The molecule has 62 valence electrons. The van der Waals surface area contributed by atoms with Crippen LogP contribution in [-0.4, -0.2) is 25.8 Å². The molecule has 0 bridgehead atoms. The molecule has 1 N–H and O–H groups in total. The van der Waals surface area contributed by atoms with E-state index in [-0.39, 0.29) is 0 Å². The smallest absolute Gasteiger partial charge is 0.0672 e. The van der Waals surface area contributed by atoms with Gasteiger partial charge in [0.15, 0.2) is 0 Å². The van der Waals surface area contributed by atoms with E-state index in [1.165, 1.54) is 6.42 Å². The number of hydrogen-bond donors (Lipinski definition) is 1. The molecular weight excluding hydrogens is 126 g/mol. The van der Waals surface area contributed by atoms with E-state index in [0.29, 0.717) is 6.10 Å². The lowest BCUT2D eigenvalue weighted by Crippen LogP contribution is -2.36. The molecule has 0 aromatic heterocycles. The molecule has 1 fully saturated rings. The van der Waals surface area contributed by atoms with Crippen LogP contribution in [0.2, 0.25) is 0 Å². The highest BCUT2D eigenvalue weighted by atomic mass is 16.5. The van der Waals surface area contributed by atoms with E-state index in [2.05, 4.69) is 26.1 Å². The summed E-state index contributed by atoms with van der Waals surface area (Å²) in [6.45, 7) is 9.23. The van der Waals surface area contributed by atoms with E-state index in [4.69, 9.17) is 4.74 Å². The highest BCUT2D eigenvalue weighted by Gasteiger charge is 2.04. The van der Waals surface area contributed by atoms with Crippen molar-refractivity contribution in [2.45, 2.75) is 33.3 Å². The van der Waals surface area contributed by atoms with Gasteiger partial charge in [0.05, 0.1) is 12.7 Å². The predicted molar refractivity (Wildman–Crippen MR) is 44.2 cm³/mol. The summed E-state index contributed by atoms with van der Waals surface area (Å²) in [5.74, 6) is 0. The van der Waals surface area contributed by atoms with Gasteiger partial charge in [-0.25, -0.2) is 0 Å². The largest absolute Gasteiger partial charge is 0.376 e. The van der Waals surface area contributed by atoms with Crippen LogP contribution in [0, 0.1) is 0 Å². The molecular formula is C8H19NO. The maximum atomic E-state index is 5.22. The fourth-order valence-electron chi connectivity index (χ4n) is 0.697. The maximum Gasteiger partial charge on any atom is 0.0672 e. The summed E-state index contributed by atoms with van der Waals surface area (Å²) >= 11 is 0. The van der Waals surface area contributed by atoms with E-state index in [9.17, 15) is 0 Å². The van der Waals surface area contributed by atoms with Crippen molar-refractivity contribution in [3.8, 4) is 0 Å². The van der Waals surface area contributed by atoms with E-state index < -0.39 is 0 Å². The fourth-order valence-corrected chi connectivity index (χ4v) is 0.697. The highest BCUT2D eigenvalue weighted by molar-refractivity contribution is 4.59. The van der Waals surface area contributed by atoms with Crippen molar-refractivity contribution in [1.29, 1.82) is 0 Å². The van der Waals surface area contributed by atoms with E-state index in [1.807, 2.05) is 0 Å². The van der Waals surface area contributed by atoms with Gasteiger partial charge in [0.25, 0.3) is 0 Å². The maximum absolute atomic E-state index is 5.22. The van der Waals surface area contributed by atoms with E-state index in [0.717, 1.165) is 19.7 Å². The van der Waals surface area contributed by atoms with Crippen LogP contribution in [0.5, 0.6) is 0 Å². The van der Waals surface area contributed by atoms with Crippen LogP contribution in [0.1, 0.15) is 27.2 Å². The molecule has 0 aliphatic carbocycles. The molecule has 0 aromatic carbocycles. The lowest BCUT2D eigenvalue weighted by Gasteiger charge is -2.18. The number of rotatable bonds is 0. The van der Waals surface area contributed by atoms with Gasteiger partial charge in [-0.1, -0.05) is 20.3 Å². The van der Waals surface area contributed by atoms with Crippen LogP contribution in [0.4, 0.5) is 0 Å². The van der Waals surface area contributed by atoms with Crippen molar-refractivity contribution in [2.24, 2.45) is 0 Å². The summed E-state index contributed by atoms with van der Waals surface area (Å²) in [5.41, 5.74) is 0. The minimum absolute atomic E-state index is 0.425. The zero-order valence-corrected chi connectivity index (χ0v) is 7.31. The Kier molecular flexibility index (Phi) is 6.98. The standard InChI is InChI=1S/C5H11NO.C3H8/c1-5-4-6-2-3-7-5;1-3-2/h5-6H,2-4H2,1H3;3H2,1-2H3. The normalized spacial score (nSPS) is 24.9. The van der Waals surface area contributed by atoms with Gasteiger partial charge in [-0.15, -0.1) is 0 Å². The number of nitrogens with one attached hydrogen (secondary N) is 1. The van der Waals surface area contributed by atoms with Crippen LogP contribution in [0.3, 0.4) is 0 Å². The average molecular weight is 145 g/mol. The first-order valence-corrected chi connectivity index (χ1v) is 4.13. The Morgan fingerprint density at radius 3 is 2.30 bits per heavy atom. The highest BCUT2D eigenvalue weighted by Crippen LogP contribution is 1.91. The fraction of sp³-hybridized carbons (Fsp3) is 1.00. The average Bonchev–Trinajstić information content (AvgIpc) is 1.91. The molecule has 0 saturated carbocycles.